The first-order valence-corrected chi connectivity index (χ1v) is 4.17. The predicted molar refractivity (Wildman–Crippen MR) is 46.7 cm³/mol. The zero-order valence-electron chi connectivity index (χ0n) is 7.03. The summed E-state index contributed by atoms with van der Waals surface area (Å²) in [6, 6.07) is 4.54. The second-order valence-corrected chi connectivity index (χ2v) is 3.48. The number of rotatable bonds is 2. The van der Waals surface area contributed by atoms with Gasteiger partial charge in [-0.2, -0.15) is 0 Å². The molecule has 0 spiro atoms. The van der Waals surface area contributed by atoms with E-state index in [0.29, 0.717) is 0 Å². The Morgan fingerprint density at radius 2 is 1.92 bits per heavy atom. The molecule has 1 aromatic rings. The van der Waals surface area contributed by atoms with Gasteiger partial charge >= 0.3 is 0 Å². The number of hydrogen-bond acceptors (Lipinski definition) is 3. The fourth-order valence-corrected chi connectivity index (χ4v) is 1.44. The van der Waals surface area contributed by atoms with Crippen molar-refractivity contribution in [3.8, 4) is 11.5 Å². The van der Waals surface area contributed by atoms with Gasteiger partial charge in [-0.25, -0.2) is 0 Å². The standard InChI is InChI=1S/C10H10O3/c11-6-10(3-4-10)7-1-2-8(12)9(13)5-7/h1-2,5-6,12-13H,3-4H2. The molecular weight excluding hydrogens is 168 g/mol. The topological polar surface area (TPSA) is 57.5 Å². The Morgan fingerprint density at radius 3 is 2.38 bits per heavy atom. The summed E-state index contributed by atoms with van der Waals surface area (Å²) in [6.07, 6.45) is 2.58. The maximum absolute atomic E-state index is 10.7. The number of carbonyl (C=O) groups is 1. The fourth-order valence-electron chi connectivity index (χ4n) is 1.44. The van der Waals surface area contributed by atoms with Crippen molar-refractivity contribution in [1.82, 2.24) is 0 Å². The molecule has 1 aliphatic rings. The second kappa shape index (κ2) is 2.49. The number of aromatic hydroxyl groups is 2. The Kier molecular flexibility index (Phi) is 1.55. The molecule has 0 aliphatic heterocycles. The van der Waals surface area contributed by atoms with E-state index in [-0.39, 0.29) is 16.9 Å². The van der Waals surface area contributed by atoms with Gasteiger partial charge in [0.2, 0.25) is 0 Å². The first-order chi connectivity index (χ1) is 6.18. The first-order valence-electron chi connectivity index (χ1n) is 4.17. The summed E-state index contributed by atoms with van der Waals surface area (Å²) in [5.41, 5.74) is 0.406. The molecule has 0 unspecified atom stereocenters. The maximum Gasteiger partial charge on any atom is 0.157 e. The summed E-state index contributed by atoms with van der Waals surface area (Å²) in [6.45, 7) is 0. The van der Waals surface area contributed by atoms with Crippen LogP contribution in [-0.4, -0.2) is 16.5 Å². The van der Waals surface area contributed by atoms with Crippen LogP contribution >= 0.6 is 0 Å². The molecule has 1 aromatic carbocycles. The molecule has 0 atom stereocenters. The van der Waals surface area contributed by atoms with E-state index in [9.17, 15) is 9.90 Å². The van der Waals surface area contributed by atoms with Crippen LogP contribution in [0, 0.1) is 0 Å². The Bertz CT molecular complexity index is 353. The normalized spacial score (nSPS) is 18.2. The highest BCUT2D eigenvalue weighted by atomic mass is 16.3. The molecule has 68 valence electrons. The van der Waals surface area contributed by atoms with Gasteiger partial charge in [0.25, 0.3) is 0 Å². The molecule has 1 aliphatic carbocycles. The van der Waals surface area contributed by atoms with E-state index >= 15 is 0 Å². The summed E-state index contributed by atoms with van der Waals surface area (Å²) >= 11 is 0. The largest absolute Gasteiger partial charge is 0.504 e. The number of aldehydes is 1. The van der Waals surface area contributed by atoms with Crippen molar-refractivity contribution in [1.29, 1.82) is 0 Å². The van der Waals surface area contributed by atoms with E-state index in [4.69, 9.17) is 5.11 Å². The van der Waals surface area contributed by atoms with Crippen LogP contribution in [0.3, 0.4) is 0 Å². The third-order valence-electron chi connectivity index (χ3n) is 2.56. The molecule has 0 heterocycles. The lowest BCUT2D eigenvalue weighted by Crippen LogP contribution is -2.06. The molecule has 13 heavy (non-hydrogen) atoms. The van der Waals surface area contributed by atoms with Crippen LogP contribution in [0.1, 0.15) is 18.4 Å². The molecule has 0 radical (unpaired) electrons. The van der Waals surface area contributed by atoms with E-state index in [2.05, 4.69) is 0 Å². The number of hydrogen-bond donors (Lipinski definition) is 2. The van der Waals surface area contributed by atoms with Crippen LogP contribution in [-0.2, 0) is 10.2 Å². The van der Waals surface area contributed by atoms with Gasteiger partial charge in [-0.15, -0.1) is 0 Å². The Balaban J connectivity index is 2.42. The van der Waals surface area contributed by atoms with Gasteiger partial charge in [0.05, 0.1) is 5.41 Å². The van der Waals surface area contributed by atoms with Crippen molar-refractivity contribution < 1.29 is 15.0 Å². The van der Waals surface area contributed by atoms with Gasteiger partial charge in [0.15, 0.2) is 11.5 Å². The molecule has 3 heteroatoms. The van der Waals surface area contributed by atoms with Crippen molar-refractivity contribution in [2.75, 3.05) is 0 Å². The molecule has 1 saturated carbocycles. The fraction of sp³-hybridized carbons (Fsp3) is 0.300. The van der Waals surface area contributed by atoms with Crippen LogP contribution in [0.4, 0.5) is 0 Å². The van der Waals surface area contributed by atoms with Crippen LogP contribution in [0.15, 0.2) is 18.2 Å². The minimum atomic E-state index is -0.384. The molecular formula is C10H10O3. The average molecular weight is 178 g/mol. The predicted octanol–water partition coefficient (Wildman–Crippen LogP) is 1.33. The highest BCUT2D eigenvalue weighted by molar-refractivity contribution is 5.73. The van der Waals surface area contributed by atoms with Crippen molar-refractivity contribution in [2.45, 2.75) is 18.3 Å². The smallest absolute Gasteiger partial charge is 0.157 e. The lowest BCUT2D eigenvalue weighted by atomic mass is 9.97. The summed E-state index contributed by atoms with van der Waals surface area (Å²) < 4.78 is 0. The van der Waals surface area contributed by atoms with Crippen molar-refractivity contribution >= 4 is 6.29 Å². The van der Waals surface area contributed by atoms with E-state index in [1.165, 1.54) is 12.1 Å². The highest BCUT2D eigenvalue weighted by Crippen LogP contribution is 2.47. The van der Waals surface area contributed by atoms with Gasteiger partial charge < -0.3 is 15.0 Å². The van der Waals surface area contributed by atoms with Crippen LogP contribution in [0.2, 0.25) is 0 Å². The van der Waals surface area contributed by atoms with Gasteiger partial charge in [-0.3, -0.25) is 0 Å². The summed E-state index contributed by atoms with van der Waals surface area (Å²) in [5, 5.41) is 18.3. The van der Waals surface area contributed by atoms with Crippen LogP contribution in [0.25, 0.3) is 0 Å². The van der Waals surface area contributed by atoms with E-state index < -0.39 is 0 Å². The lowest BCUT2D eigenvalue weighted by Gasteiger charge is -2.07. The Hall–Kier alpha value is -1.51. The number of phenols is 2. The van der Waals surface area contributed by atoms with Gasteiger partial charge in [-0.1, -0.05) is 6.07 Å². The average Bonchev–Trinajstić information content (AvgIpc) is 2.90. The molecule has 1 fully saturated rings. The van der Waals surface area contributed by atoms with Crippen molar-refractivity contribution in [2.24, 2.45) is 0 Å². The van der Waals surface area contributed by atoms with Crippen LogP contribution < -0.4 is 0 Å². The monoisotopic (exact) mass is 178 g/mol. The third kappa shape index (κ3) is 1.16. The van der Waals surface area contributed by atoms with Gasteiger partial charge in [0, 0.05) is 0 Å². The van der Waals surface area contributed by atoms with Crippen molar-refractivity contribution in [3.63, 3.8) is 0 Å². The Labute approximate surface area is 75.6 Å². The quantitative estimate of drug-likeness (QED) is 0.530. The molecule has 0 amide bonds. The van der Waals surface area contributed by atoms with Gasteiger partial charge in [0.1, 0.15) is 6.29 Å². The minimum absolute atomic E-state index is 0.148. The lowest BCUT2D eigenvalue weighted by molar-refractivity contribution is -0.109. The van der Waals surface area contributed by atoms with Gasteiger partial charge in [-0.05, 0) is 30.5 Å². The van der Waals surface area contributed by atoms with E-state index in [1.807, 2.05) is 0 Å². The molecule has 2 N–H and O–H groups in total. The SMILES string of the molecule is O=CC1(c2ccc(O)c(O)c2)CC1. The summed E-state index contributed by atoms with van der Waals surface area (Å²) in [7, 11) is 0. The molecule has 0 saturated heterocycles. The number of phenolic OH excluding ortho intramolecular Hbond substituents is 2. The van der Waals surface area contributed by atoms with E-state index in [0.717, 1.165) is 24.7 Å². The maximum atomic E-state index is 10.7. The zero-order chi connectivity index (χ0) is 9.47. The zero-order valence-corrected chi connectivity index (χ0v) is 7.03. The molecule has 2 rings (SSSR count). The molecule has 0 bridgehead atoms. The molecule has 3 nitrogen and oxygen atoms in total. The Morgan fingerprint density at radius 1 is 1.23 bits per heavy atom. The first kappa shape index (κ1) is 8.10. The van der Waals surface area contributed by atoms with E-state index in [1.54, 1.807) is 6.07 Å². The van der Waals surface area contributed by atoms with Crippen molar-refractivity contribution in [3.05, 3.63) is 23.8 Å². The minimum Gasteiger partial charge on any atom is -0.504 e. The third-order valence-corrected chi connectivity index (χ3v) is 2.56. The second-order valence-electron chi connectivity index (χ2n) is 3.48. The molecule has 0 aromatic heterocycles. The number of benzene rings is 1. The van der Waals surface area contributed by atoms with Crippen LogP contribution in [0.5, 0.6) is 11.5 Å². The summed E-state index contributed by atoms with van der Waals surface area (Å²) in [5.74, 6) is -0.309. The highest BCUT2D eigenvalue weighted by Gasteiger charge is 2.44. The summed E-state index contributed by atoms with van der Waals surface area (Å²) in [4.78, 5) is 10.7. The number of carbonyl (C=O) groups excluding carboxylic acids is 1.